The first-order chi connectivity index (χ1) is 24.4. The molecular weight excluding hydrogens is 649 g/mol. The minimum atomic E-state index is -4.29. The molecule has 0 aromatic heterocycles. The summed E-state index contributed by atoms with van der Waals surface area (Å²) in [5.74, 6) is -0.354. The zero-order valence-electron chi connectivity index (χ0n) is 32.6. The van der Waals surface area contributed by atoms with E-state index in [0.717, 1.165) is 32.1 Å². The van der Waals surface area contributed by atoms with E-state index in [1.807, 2.05) is 6.08 Å². The van der Waals surface area contributed by atoms with Crippen molar-refractivity contribution in [3.05, 3.63) is 24.5 Å². The van der Waals surface area contributed by atoms with Crippen molar-refractivity contribution in [3.63, 3.8) is 0 Å². The maximum atomic E-state index is 12.5. The van der Waals surface area contributed by atoms with E-state index in [1.54, 1.807) is 6.26 Å². The van der Waals surface area contributed by atoms with Crippen LogP contribution in [0, 0.1) is 0 Å². The Bertz CT molecular complexity index is 823. The lowest BCUT2D eigenvalue weighted by Gasteiger charge is -2.19. The summed E-state index contributed by atoms with van der Waals surface area (Å²) in [6, 6.07) is 0. The number of hydrogen-bond donors (Lipinski definition) is 2. The van der Waals surface area contributed by atoms with Gasteiger partial charge in [-0.15, -0.1) is 0 Å². The van der Waals surface area contributed by atoms with Crippen LogP contribution in [-0.4, -0.2) is 43.3 Å². The third-order valence-electron chi connectivity index (χ3n) is 8.94. The van der Waals surface area contributed by atoms with Gasteiger partial charge in [-0.1, -0.05) is 167 Å². The number of carbonyl (C=O) groups excluding carboxylic acids is 1. The van der Waals surface area contributed by atoms with E-state index in [2.05, 4.69) is 26.0 Å². The van der Waals surface area contributed by atoms with Crippen LogP contribution < -0.4 is 5.73 Å². The van der Waals surface area contributed by atoms with Crippen molar-refractivity contribution in [2.45, 2.75) is 206 Å². The summed E-state index contributed by atoms with van der Waals surface area (Å²) in [7, 11) is -4.29. The minimum absolute atomic E-state index is 0.0347. The van der Waals surface area contributed by atoms with Gasteiger partial charge in [0.05, 0.1) is 19.5 Å². The predicted octanol–water partition coefficient (Wildman–Crippen LogP) is 12.4. The minimum Gasteiger partial charge on any atom is -0.498 e. The molecule has 0 aliphatic carbocycles. The first kappa shape index (κ1) is 48.8. The van der Waals surface area contributed by atoms with Crippen LogP contribution in [0.3, 0.4) is 0 Å². The Labute approximate surface area is 308 Å². The van der Waals surface area contributed by atoms with Crippen LogP contribution in [0.15, 0.2) is 24.5 Å². The second kappa shape index (κ2) is 39.0. The highest BCUT2D eigenvalue weighted by Crippen LogP contribution is 2.43. The molecule has 0 radical (unpaired) electrons. The maximum absolute atomic E-state index is 12.5. The Morgan fingerprint density at radius 3 is 1.54 bits per heavy atom. The molecule has 0 aliphatic rings. The highest BCUT2D eigenvalue weighted by Gasteiger charge is 2.25. The molecule has 0 aromatic rings. The molecule has 0 spiro atoms. The van der Waals surface area contributed by atoms with Gasteiger partial charge in [-0.25, -0.2) is 4.57 Å². The molecule has 0 aromatic carbocycles. The van der Waals surface area contributed by atoms with Crippen molar-refractivity contribution in [2.24, 2.45) is 5.73 Å². The molecule has 0 rings (SSSR count). The SMILES string of the molecule is CCCC/C=C/CCCCCCCCCCCC(=O)O[C@H](CO/C=C/CCCCCCCCCCCCCCCC)COP(=O)(O)OCCN. The summed E-state index contributed by atoms with van der Waals surface area (Å²) >= 11 is 0. The van der Waals surface area contributed by atoms with E-state index in [4.69, 9.17) is 24.3 Å². The third kappa shape index (κ3) is 38.1. The number of allylic oxidation sites excluding steroid dienone is 3. The summed E-state index contributed by atoms with van der Waals surface area (Å²) in [5.41, 5.74) is 5.36. The van der Waals surface area contributed by atoms with Gasteiger partial charge in [0.15, 0.2) is 6.10 Å². The van der Waals surface area contributed by atoms with Crippen LogP contribution in [0.1, 0.15) is 200 Å². The van der Waals surface area contributed by atoms with Crippen molar-refractivity contribution in [1.29, 1.82) is 0 Å². The Kier molecular flexibility index (Phi) is 38.1. The van der Waals surface area contributed by atoms with Crippen molar-refractivity contribution in [1.82, 2.24) is 0 Å². The fraction of sp³-hybridized carbons (Fsp3) is 0.878. The number of phosphoric acid groups is 1. The van der Waals surface area contributed by atoms with Crippen LogP contribution in [0.2, 0.25) is 0 Å². The number of rotatable bonds is 40. The Hall–Kier alpha value is -1.18. The average Bonchev–Trinajstić information content (AvgIpc) is 3.10. The molecular formula is C41H80NO7P. The summed E-state index contributed by atoms with van der Waals surface area (Å²) in [5, 5.41) is 0. The molecule has 0 bridgehead atoms. The first-order valence-electron chi connectivity index (χ1n) is 20.9. The van der Waals surface area contributed by atoms with Crippen molar-refractivity contribution in [3.8, 4) is 0 Å². The van der Waals surface area contributed by atoms with Crippen molar-refractivity contribution >= 4 is 13.8 Å². The zero-order chi connectivity index (χ0) is 36.6. The standard InChI is InChI=1S/C41H80NO7P/c1-3-5-7-9-11-13-15-17-19-21-23-25-27-29-31-33-36-46-38-40(39-48-50(44,45)47-37-35-42)49-41(43)34-32-30-28-26-24-22-20-18-16-14-12-10-8-6-4-2/h10,12,33,36,40H,3-9,11,13-32,34-35,37-39,42H2,1-2H3,(H,44,45)/b12-10+,36-33+/t40-/m1/s1. The first-order valence-corrected chi connectivity index (χ1v) is 22.4. The van der Waals surface area contributed by atoms with Gasteiger partial charge in [-0.3, -0.25) is 13.8 Å². The quantitative estimate of drug-likeness (QED) is 0.0210. The van der Waals surface area contributed by atoms with Gasteiger partial charge in [0.25, 0.3) is 0 Å². The third-order valence-corrected chi connectivity index (χ3v) is 9.92. The molecule has 2 atom stereocenters. The Morgan fingerprint density at radius 1 is 0.600 bits per heavy atom. The van der Waals surface area contributed by atoms with E-state index in [9.17, 15) is 14.3 Å². The number of carbonyl (C=O) groups is 1. The normalized spacial score (nSPS) is 13.7. The molecule has 0 aliphatic heterocycles. The number of ether oxygens (including phenoxy) is 2. The van der Waals surface area contributed by atoms with Gasteiger partial charge in [0, 0.05) is 13.0 Å². The van der Waals surface area contributed by atoms with E-state index < -0.39 is 13.9 Å². The summed E-state index contributed by atoms with van der Waals surface area (Å²) in [6.45, 7) is 4.23. The van der Waals surface area contributed by atoms with Crippen LogP contribution in [-0.2, 0) is 27.9 Å². The second-order valence-corrected chi connectivity index (χ2v) is 15.4. The van der Waals surface area contributed by atoms with Crippen LogP contribution in [0.25, 0.3) is 0 Å². The van der Waals surface area contributed by atoms with Gasteiger partial charge < -0.3 is 20.1 Å². The summed E-state index contributed by atoms with van der Waals surface area (Å²) in [6.07, 6.45) is 42.8. The molecule has 8 nitrogen and oxygen atoms in total. The maximum Gasteiger partial charge on any atom is 0.472 e. The van der Waals surface area contributed by atoms with E-state index >= 15 is 0 Å². The predicted molar refractivity (Wildman–Crippen MR) is 210 cm³/mol. The highest BCUT2D eigenvalue weighted by atomic mass is 31.2. The molecule has 0 heterocycles. The van der Waals surface area contributed by atoms with Crippen LogP contribution in [0.5, 0.6) is 0 Å². The molecule has 0 saturated carbocycles. The molecule has 1 unspecified atom stereocenters. The Balaban J connectivity index is 4.08. The number of hydrogen-bond acceptors (Lipinski definition) is 7. The fourth-order valence-electron chi connectivity index (χ4n) is 5.83. The molecule has 0 saturated heterocycles. The van der Waals surface area contributed by atoms with Gasteiger partial charge in [-0.05, 0) is 44.6 Å². The second-order valence-electron chi connectivity index (χ2n) is 13.9. The topological polar surface area (TPSA) is 117 Å². The van der Waals surface area contributed by atoms with Crippen molar-refractivity contribution < 1.29 is 32.8 Å². The van der Waals surface area contributed by atoms with Crippen molar-refractivity contribution in [2.75, 3.05) is 26.4 Å². The van der Waals surface area contributed by atoms with E-state index in [1.165, 1.54) is 148 Å². The van der Waals surface area contributed by atoms with E-state index in [-0.39, 0.29) is 32.3 Å². The average molecular weight is 730 g/mol. The smallest absolute Gasteiger partial charge is 0.472 e. The largest absolute Gasteiger partial charge is 0.498 e. The van der Waals surface area contributed by atoms with Gasteiger partial charge in [-0.2, -0.15) is 0 Å². The molecule has 50 heavy (non-hydrogen) atoms. The molecule has 9 heteroatoms. The lowest BCUT2D eigenvalue weighted by molar-refractivity contribution is -0.153. The van der Waals surface area contributed by atoms with Gasteiger partial charge in [0.2, 0.25) is 0 Å². The fourth-order valence-corrected chi connectivity index (χ4v) is 6.59. The van der Waals surface area contributed by atoms with Gasteiger partial charge in [0.1, 0.15) is 6.61 Å². The number of unbranched alkanes of at least 4 members (excludes halogenated alkanes) is 25. The lowest BCUT2D eigenvalue weighted by Crippen LogP contribution is -2.27. The molecule has 296 valence electrons. The number of nitrogens with two attached hydrogens (primary N) is 1. The molecule has 0 amide bonds. The van der Waals surface area contributed by atoms with Crippen LogP contribution in [0.4, 0.5) is 0 Å². The monoisotopic (exact) mass is 730 g/mol. The molecule has 3 N–H and O–H groups in total. The molecule has 0 fully saturated rings. The van der Waals surface area contributed by atoms with Crippen LogP contribution >= 0.6 is 7.82 Å². The lowest BCUT2D eigenvalue weighted by atomic mass is 10.0. The summed E-state index contributed by atoms with van der Waals surface area (Å²) in [4.78, 5) is 22.4. The Morgan fingerprint density at radius 2 is 1.04 bits per heavy atom. The number of esters is 1. The zero-order valence-corrected chi connectivity index (χ0v) is 33.5. The number of phosphoric ester groups is 1. The van der Waals surface area contributed by atoms with E-state index in [0.29, 0.717) is 6.42 Å². The van der Waals surface area contributed by atoms with Gasteiger partial charge >= 0.3 is 13.8 Å². The highest BCUT2D eigenvalue weighted by molar-refractivity contribution is 7.47. The summed E-state index contributed by atoms with van der Waals surface area (Å²) < 4.78 is 33.1.